The fourth-order valence-corrected chi connectivity index (χ4v) is 5.85. The van der Waals surface area contributed by atoms with Gasteiger partial charge in [-0.2, -0.15) is 0 Å². The number of hydrogen-bond acceptors (Lipinski definition) is 4. The molecule has 2 aromatic carbocycles. The van der Waals surface area contributed by atoms with Gasteiger partial charge in [-0.1, -0.05) is 48.5 Å². The third-order valence-corrected chi connectivity index (χ3v) is 7.59. The first-order valence-electron chi connectivity index (χ1n) is 12.2. The van der Waals surface area contributed by atoms with E-state index in [1.165, 1.54) is 12.1 Å². The minimum atomic E-state index is -4.71. The minimum Gasteiger partial charge on any atom is -0.406 e. The molecule has 0 bridgehead atoms. The molecule has 2 aliphatic heterocycles. The van der Waals surface area contributed by atoms with Crippen LogP contribution in [0.25, 0.3) is 0 Å². The monoisotopic (exact) mass is 532 g/mol. The van der Waals surface area contributed by atoms with Gasteiger partial charge < -0.3 is 9.47 Å². The van der Waals surface area contributed by atoms with Crippen LogP contribution in [0.2, 0.25) is 5.02 Å². The summed E-state index contributed by atoms with van der Waals surface area (Å²) >= 11 is 6.37. The molecule has 0 aromatic heterocycles. The van der Waals surface area contributed by atoms with E-state index in [4.69, 9.17) is 16.3 Å². The maximum Gasteiger partial charge on any atom is 0.573 e. The van der Waals surface area contributed by atoms with E-state index in [1.54, 1.807) is 25.3 Å². The van der Waals surface area contributed by atoms with Crippen LogP contribution in [-0.4, -0.2) is 42.7 Å². The molecule has 8 heteroatoms. The standard InChI is InChI=1S/C29H32ClF3N2O2/c1-6-7-24-25(20-16-19(2)17-22(30)18-20)37-28(26(24)34-5)12-14-35(15-13-28)27(3,4)21-8-10-23(11-9-21)36-29(31,32)33/h6-11,16-18,25H,1,12-15H2,2-5H3. The molecule has 2 aromatic rings. The highest BCUT2D eigenvalue weighted by Crippen LogP contribution is 2.48. The third kappa shape index (κ3) is 5.64. The van der Waals surface area contributed by atoms with E-state index in [0.717, 1.165) is 53.9 Å². The summed E-state index contributed by atoms with van der Waals surface area (Å²) in [7, 11) is 1.80. The van der Waals surface area contributed by atoms with Gasteiger partial charge in [0.15, 0.2) is 0 Å². The summed E-state index contributed by atoms with van der Waals surface area (Å²) in [6.45, 7) is 11.5. The maximum atomic E-state index is 12.6. The molecular formula is C29H32ClF3N2O2. The smallest absolute Gasteiger partial charge is 0.406 e. The van der Waals surface area contributed by atoms with Crippen LogP contribution in [0, 0.1) is 6.92 Å². The van der Waals surface area contributed by atoms with Crippen molar-refractivity contribution < 1.29 is 22.6 Å². The number of piperidine rings is 1. The second-order valence-corrected chi connectivity index (χ2v) is 10.5. The molecule has 198 valence electrons. The summed E-state index contributed by atoms with van der Waals surface area (Å²) in [5.74, 6) is -0.225. The Kier molecular flexibility index (Phi) is 7.62. The summed E-state index contributed by atoms with van der Waals surface area (Å²) in [4.78, 5) is 7.02. The Morgan fingerprint density at radius 2 is 1.78 bits per heavy atom. The number of ether oxygens (including phenoxy) is 2. The van der Waals surface area contributed by atoms with Crippen molar-refractivity contribution in [2.45, 2.75) is 57.2 Å². The molecule has 2 fully saturated rings. The Labute approximate surface area is 221 Å². The van der Waals surface area contributed by atoms with Gasteiger partial charge in [0.05, 0.1) is 5.71 Å². The largest absolute Gasteiger partial charge is 0.573 e. The molecule has 4 rings (SSSR count). The molecule has 2 heterocycles. The molecule has 2 saturated heterocycles. The number of halogens is 4. The zero-order valence-electron chi connectivity index (χ0n) is 21.5. The number of likely N-dealkylation sites (tertiary alicyclic amines) is 1. The Hall–Kier alpha value is -2.61. The molecule has 0 aliphatic carbocycles. The molecule has 4 nitrogen and oxygen atoms in total. The Bertz CT molecular complexity index is 1190. The third-order valence-electron chi connectivity index (χ3n) is 7.38. The van der Waals surface area contributed by atoms with Crippen LogP contribution in [0.3, 0.4) is 0 Å². The van der Waals surface area contributed by atoms with E-state index in [0.29, 0.717) is 5.02 Å². The van der Waals surface area contributed by atoms with E-state index in [9.17, 15) is 13.2 Å². The van der Waals surface area contributed by atoms with Gasteiger partial charge in [0, 0.05) is 36.3 Å². The molecule has 0 amide bonds. The van der Waals surface area contributed by atoms with E-state index in [2.05, 4.69) is 41.1 Å². The van der Waals surface area contributed by atoms with Crippen LogP contribution < -0.4 is 4.74 Å². The normalized spacial score (nSPS) is 22.6. The van der Waals surface area contributed by atoms with Crippen molar-refractivity contribution in [1.29, 1.82) is 0 Å². The van der Waals surface area contributed by atoms with Crippen molar-refractivity contribution in [3.05, 3.63) is 88.5 Å². The highest BCUT2D eigenvalue weighted by atomic mass is 35.5. The number of benzene rings is 2. The summed E-state index contributed by atoms with van der Waals surface area (Å²) in [5, 5.41) is 0.663. The van der Waals surface area contributed by atoms with Crippen molar-refractivity contribution in [1.82, 2.24) is 4.90 Å². The van der Waals surface area contributed by atoms with Gasteiger partial charge in [-0.05, 0) is 74.6 Å². The van der Waals surface area contributed by atoms with Crippen LogP contribution in [0.5, 0.6) is 5.75 Å². The zero-order valence-corrected chi connectivity index (χ0v) is 22.3. The minimum absolute atomic E-state index is 0.225. The Morgan fingerprint density at radius 1 is 1.14 bits per heavy atom. The summed E-state index contributed by atoms with van der Waals surface area (Å²) in [6, 6.07) is 12.1. The van der Waals surface area contributed by atoms with Crippen molar-refractivity contribution in [3.63, 3.8) is 0 Å². The first-order valence-corrected chi connectivity index (χ1v) is 12.6. The number of nitrogens with zero attached hydrogens (tertiary/aromatic N) is 2. The first kappa shape index (κ1) is 27.4. The molecule has 37 heavy (non-hydrogen) atoms. The zero-order chi connectivity index (χ0) is 27.0. The highest BCUT2D eigenvalue weighted by Gasteiger charge is 2.51. The fourth-order valence-electron chi connectivity index (χ4n) is 5.55. The van der Waals surface area contributed by atoms with E-state index >= 15 is 0 Å². The summed E-state index contributed by atoms with van der Waals surface area (Å²) in [6.07, 6.45) is 0.177. The van der Waals surface area contributed by atoms with Crippen molar-refractivity contribution in [3.8, 4) is 5.75 Å². The Balaban J connectivity index is 1.56. The number of alkyl halides is 3. The molecule has 0 N–H and O–H groups in total. The maximum absolute atomic E-state index is 12.6. The summed E-state index contributed by atoms with van der Waals surface area (Å²) < 4.78 is 48.5. The fraction of sp³-hybridized carbons (Fsp3) is 0.414. The van der Waals surface area contributed by atoms with E-state index in [1.807, 2.05) is 25.1 Å². The quantitative estimate of drug-likeness (QED) is 0.398. The van der Waals surface area contributed by atoms with Crippen LogP contribution in [0.1, 0.15) is 49.5 Å². The predicted octanol–water partition coefficient (Wildman–Crippen LogP) is 7.57. The van der Waals surface area contributed by atoms with Gasteiger partial charge in [0.1, 0.15) is 17.5 Å². The van der Waals surface area contributed by atoms with Gasteiger partial charge in [0.25, 0.3) is 0 Å². The van der Waals surface area contributed by atoms with E-state index in [-0.39, 0.29) is 11.9 Å². The molecular weight excluding hydrogens is 501 g/mol. The lowest BCUT2D eigenvalue weighted by Gasteiger charge is -2.46. The van der Waals surface area contributed by atoms with Crippen LogP contribution in [0.4, 0.5) is 13.2 Å². The van der Waals surface area contributed by atoms with Crippen LogP contribution >= 0.6 is 11.6 Å². The molecule has 0 saturated carbocycles. The number of hydrogen-bond donors (Lipinski definition) is 0. The summed E-state index contributed by atoms with van der Waals surface area (Å²) in [5.41, 5.74) is 3.94. The number of aryl methyl sites for hydroxylation is 1. The van der Waals surface area contributed by atoms with Crippen molar-refractivity contribution >= 4 is 17.3 Å². The second kappa shape index (κ2) is 10.3. The van der Waals surface area contributed by atoms with Gasteiger partial charge in [-0.25, -0.2) is 0 Å². The number of rotatable bonds is 5. The SMILES string of the molecule is C=CC=C1C(=NC)C2(CCN(C(C)(C)c3ccc(OC(F)(F)F)cc3)CC2)OC1c1cc(C)cc(Cl)c1. The van der Waals surface area contributed by atoms with Crippen LogP contribution in [0.15, 0.2) is 71.8 Å². The lowest BCUT2D eigenvalue weighted by atomic mass is 9.81. The van der Waals surface area contributed by atoms with Crippen molar-refractivity contribution in [2.75, 3.05) is 20.1 Å². The Morgan fingerprint density at radius 3 is 2.32 bits per heavy atom. The topological polar surface area (TPSA) is 34.1 Å². The molecule has 1 atom stereocenters. The van der Waals surface area contributed by atoms with Gasteiger partial charge in [0.2, 0.25) is 0 Å². The van der Waals surface area contributed by atoms with Gasteiger partial charge >= 0.3 is 6.36 Å². The molecule has 1 unspecified atom stereocenters. The second-order valence-electron chi connectivity index (χ2n) is 10.1. The number of aliphatic imine (C=N–C) groups is 1. The van der Waals surface area contributed by atoms with Gasteiger partial charge in [-0.3, -0.25) is 9.89 Å². The molecule has 1 spiro atoms. The van der Waals surface area contributed by atoms with Crippen LogP contribution in [-0.2, 0) is 10.3 Å². The van der Waals surface area contributed by atoms with E-state index < -0.39 is 17.5 Å². The van der Waals surface area contributed by atoms with Gasteiger partial charge in [-0.15, -0.1) is 13.2 Å². The molecule has 0 radical (unpaired) electrons. The molecule has 2 aliphatic rings. The number of allylic oxidation sites excluding steroid dienone is 2. The average molecular weight is 533 g/mol. The van der Waals surface area contributed by atoms with Crippen molar-refractivity contribution in [2.24, 2.45) is 4.99 Å². The lowest BCUT2D eigenvalue weighted by Crippen LogP contribution is -2.53. The lowest BCUT2D eigenvalue weighted by molar-refractivity contribution is -0.274. The average Bonchev–Trinajstić information content (AvgIpc) is 3.11. The predicted molar refractivity (Wildman–Crippen MR) is 141 cm³/mol. The first-order chi connectivity index (χ1) is 17.4. The highest BCUT2D eigenvalue weighted by molar-refractivity contribution is 6.30.